The lowest BCUT2D eigenvalue weighted by Crippen LogP contribution is -2.41. The molecule has 3 aromatic heterocycles. The van der Waals surface area contributed by atoms with E-state index in [0.29, 0.717) is 11.2 Å². The molecule has 0 amide bonds. The normalized spacial score (nSPS) is 17.9. The number of nitrogen functional groups attached to an aromatic ring is 1. The summed E-state index contributed by atoms with van der Waals surface area (Å²) >= 11 is 0. The summed E-state index contributed by atoms with van der Waals surface area (Å²) in [5, 5.41) is 5.93. The highest BCUT2D eigenvalue weighted by atomic mass is 15.6. The Hall–Kier alpha value is -3.45. The number of aromatic nitrogens is 4. The van der Waals surface area contributed by atoms with Crippen LogP contribution in [0.4, 0.5) is 5.82 Å². The van der Waals surface area contributed by atoms with Gasteiger partial charge in [-0.15, -0.1) is 0 Å². The molecule has 7 heteroatoms. The summed E-state index contributed by atoms with van der Waals surface area (Å²) in [5.74, 6) is 1.30. The molecule has 2 aliphatic heterocycles. The average molecular weight is 426 g/mol. The van der Waals surface area contributed by atoms with E-state index in [1.165, 1.54) is 19.3 Å². The minimum absolute atomic E-state index is 0.358. The summed E-state index contributed by atoms with van der Waals surface area (Å²) in [6, 6.07) is 18.3. The van der Waals surface area contributed by atoms with E-state index < -0.39 is 0 Å². The Kier molecular flexibility index (Phi) is 4.57. The van der Waals surface area contributed by atoms with E-state index in [1.807, 2.05) is 36.4 Å². The molecule has 2 aliphatic rings. The number of nitrogens with zero attached hydrogens (tertiary/aromatic N) is 5. The molecule has 4 aromatic rings. The lowest BCUT2D eigenvalue weighted by molar-refractivity contribution is 0.230. The molecule has 6 rings (SSSR count). The van der Waals surface area contributed by atoms with Crippen molar-refractivity contribution in [3.63, 3.8) is 0 Å². The largest absolute Gasteiger partial charge is 0.383 e. The van der Waals surface area contributed by atoms with Crippen molar-refractivity contribution in [2.45, 2.75) is 19.3 Å². The van der Waals surface area contributed by atoms with Crippen molar-refractivity contribution in [1.29, 1.82) is 0 Å². The number of nitrogens with two attached hydrogens (primary N) is 1. The fourth-order valence-electron chi connectivity index (χ4n) is 5.21. The van der Waals surface area contributed by atoms with E-state index in [4.69, 9.17) is 15.7 Å². The van der Waals surface area contributed by atoms with Gasteiger partial charge in [0.2, 0.25) is 0 Å². The first-order valence-corrected chi connectivity index (χ1v) is 11.3. The Balaban J connectivity index is 1.52. The number of hydrogen-bond donors (Lipinski definition) is 2. The van der Waals surface area contributed by atoms with Gasteiger partial charge >= 0.3 is 0 Å². The van der Waals surface area contributed by atoms with Crippen LogP contribution in [0, 0.1) is 5.41 Å². The van der Waals surface area contributed by atoms with Crippen molar-refractivity contribution < 1.29 is 0 Å². The van der Waals surface area contributed by atoms with E-state index in [1.54, 1.807) is 6.20 Å². The molecule has 1 spiro atoms. The van der Waals surface area contributed by atoms with Crippen LogP contribution in [0.1, 0.15) is 19.3 Å². The molecule has 7 nitrogen and oxygen atoms in total. The van der Waals surface area contributed by atoms with Crippen molar-refractivity contribution >= 4 is 17.0 Å². The summed E-state index contributed by atoms with van der Waals surface area (Å²) in [4.78, 5) is 14.4. The summed E-state index contributed by atoms with van der Waals surface area (Å²) in [5.41, 5.74) is 11.3. The number of piperidine rings is 1. The first kappa shape index (κ1) is 19.3. The maximum Gasteiger partial charge on any atom is 0.180 e. The molecule has 0 bridgehead atoms. The summed E-state index contributed by atoms with van der Waals surface area (Å²) in [7, 11) is 0. The quantitative estimate of drug-likeness (QED) is 0.523. The van der Waals surface area contributed by atoms with E-state index in [0.717, 1.165) is 60.0 Å². The second-order valence-electron chi connectivity index (χ2n) is 8.98. The molecule has 5 heterocycles. The summed E-state index contributed by atoms with van der Waals surface area (Å²) in [6.45, 7) is 4.18. The van der Waals surface area contributed by atoms with Gasteiger partial charge in [-0.05, 0) is 62.0 Å². The standard InChI is InChI=1S/C25H27N7/c26-22-19(7-4-13-28-22)23-30-21-9-8-20(18-5-2-1-3-6-18)29-24(21)32(23)31-16-12-25(17-31)10-14-27-15-11-25/h1-9,13,27H,10-12,14-17H2,(H2,26,28). The number of benzene rings is 1. The van der Waals surface area contributed by atoms with Crippen LogP contribution in [-0.2, 0) is 0 Å². The number of pyridine rings is 2. The first-order valence-electron chi connectivity index (χ1n) is 11.3. The van der Waals surface area contributed by atoms with Gasteiger partial charge in [0.15, 0.2) is 11.5 Å². The zero-order valence-electron chi connectivity index (χ0n) is 18.0. The van der Waals surface area contributed by atoms with Gasteiger partial charge in [-0.3, -0.25) is 0 Å². The predicted molar refractivity (Wildman–Crippen MR) is 128 cm³/mol. The Bertz CT molecular complexity index is 1260. The Morgan fingerprint density at radius 3 is 2.56 bits per heavy atom. The third-order valence-electron chi connectivity index (χ3n) is 7.00. The number of hydrogen-bond acceptors (Lipinski definition) is 6. The Morgan fingerprint density at radius 1 is 0.906 bits per heavy atom. The van der Waals surface area contributed by atoms with E-state index >= 15 is 0 Å². The van der Waals surface area contributed by atoms with Crippen LogP contribution in [0.25, 0.3) is 33.8 Å². The zero-order chi connectivity index (χ0) is 21.5. The molecule has 0 radical (unpaired) electrons. The van der Waals surface area contributed by atoms with Gasteiger partial charge in [-0.1, -0.05) is 30.3 Å². The number of nitrogens with one attached hydrogen (secondary N) is 1. The molecule has 0 aliphatic carbocycles. The predicted octanol–water partition coefficient (Wildman–Crippen LogP) is 3.45. The number of anilines is 1. The minimum atomic E-state index is 0.358. The molecule has 1 aromatic carbocycles. The average Bonchev–Trinajstić information content (AvgIpc) is 3.41. The van der Waals surface area contributed by atoms with Crippen LogP contribution in [-0.4, -0.2) is 45.8 Å². The van der Waals surface area contributed by atoms with Crippen molar-refractivity contribution in [2.24, 2.45) is 5.41 Å². The van der Waals surface area contributed by atoms with Crippen molar-refractivity contribution in [2.75, 3.05) is 36.9 Å². The van der Waals surface area contributed by atoms with Crippen molar-refractivity contribution in [3.8, 4) is 22.6 Å². The second kappa shape index (κ2) is 7.60. The first-order chi connectivity index (χ1) is 15.7. The van der Waals surface area contributed by atoms with Gasteiger partial charge in [0, 0.05) is 24.8 Å². The summed E-state index contributed by atoms with van der Waals surface area (Å²) in [6.07, 6.45) is 5.33. The molecular formula is C25H27N7. The highest BCUT2D eigenvalue weighted by Gasteiger charge is 2.40. The van der Waals surface area contributed by atoms with Gasteiger partial charge in [-0.2, -0.15) is 0 Å². The third-order valence-corrected chi connectivity index (χ3v) is 7.00. The number of fused-ring (bicyclic) bond motifs is 1. The van der Waals surface area contributed by atoms with Crippen LogP contribution in [0.3, 0.4) is 0 Å². The van der Waals surface area contributed by atoms with Crippen LogP contribution in [0.15, 0.2) is 60.8 Å². The minimum Gasteiger partial charge on any atom is -0.383 e. The highest BCUT2D eigenvalue weighted by molar-refractivity contribution is 5.82. The second-order valence-corrected chi connectivity index (χ2v) is 8.98. The molecule has 32 heavy (non-hydrogen) atoms. The van der Waals surface area contributed by atoms with Crippen molar-refractivity contribution in [3.05, 3.63) is 60.8 Å². The molecular weight excluding hydrogens is 398 g/mol. The maximum absolute atomic E-state index is 6.29. The lowest BCUT2D eigenvalue weighted by Gasteiger charge is -2.34. The zero-order valence-corrected chi connectivity index (χ0v) is 18.0. The smallest absolute Gasteiger partial charge is 0.180 e. The van der Waals surface area contributed by atoms with E-state index in [-0.39, 0.29) is 0 Å². The fraction of sp³-hybridized carbons (Fsp3) is 0.320. The van der Waals surface area contributed by atoms with Crippen LogP contribution < -0.4 is 16.1 Å². The van der Waals surface area contributed by atoms with Gasteiger partial charge in [0.05, 0.1) is 11.3 Å². The Morgan fingerprint density at radius 2 is 1.75 bits per heavy atom. The van der Waals surface area contributed by atoms with Crippen molar-refractivity contribution in [1.82, 2.24) is 24.9 Å². The topological polar surface area (TPSA) is 84.9 Å². The third kappa shape index (κ3) is 3.20. The van der Waals surface area contributed by atoms with Crippen LogP contribution in [0.2, 0.25) is 0 Å². The molecule has 2 fully saturated rings. The number of rotatable bonds is 3. The van der Waals surface area contributed by atoms with Gasteiger partial charge in [-0.25, -0.2) is 19.6 Å². The van der Waals surface area contributed by atoms with E-state index in [2.05, 4.69) is 38.2 Å². The van der Waals surface area contributed by atoms with Crippen LogP contribution in [0.5, 0.6) is 0 Å². The van der Waals surface area contributed by atoms with Crippen LogP contribution >= 0.6 is 0 Å². The fourth-order valence-corrected chi connectivity index (χ4v) is 5.21. The molecule has 0 unspecified atom stereocenters. The number of imidazole rings is 1. The van der Waals surface area contributed by atoms with Gasteiger partial charge in [0.25, 0.3) is 0 Å². The summed E-state index contributed by atoms with van der Waals surface area (Å²) < 4.78 is 2.20. The van der Waals surface area contributed by atoms with E-state index in [9.17, 15) is 0 Å². The highest BCUT2D eigenvalue weighted by Crippen LogP contribution is 2.40. The molecule has 162 valence electrons. The molecule has 3 N–H and O–H groups in total. The monoisotopic (exact) mass is 425 g/mol. The molecule has 0 atom stereocenters. The van der Waals surface area contributed by atoms with Gasteiger partial charge < -0.3 is 16.1 Å². The molecule has 2 saturated heterocycles. The SMILES string of the molecule is Nc1ncccc1-c1nc2ccc(-c3ccccc3)nc2n1N1CCC2(CCNCC2)C1. The molecule has 0 saturated carbocycles. The lowest BCUT2D eigenvalue weighted by atomic mass is 9.78. The Labute approximate surface area is 187 Å². The maximum atomic E-state index is 6.29. The van der Waals surface area contributed by atoms with Gasteiger partial charge in [0.1, 0.15) is 11.3 Å².